The van der Waals surface area contributed by atoms with Crippen LogP contribution in [0.4, 0.5) is 5.69 Å². The van der Waals surface area contributed by atoms with Gasteiger partial charge in [0.25, 0.3) is 17.4 Å². The smallest absolute Gasteiger partial charge is 0.278 e. The molecule has 0 radical (unpaired) electrons. The first-order valence-corrected chi connectivity index (χ1v) is 7.91. The molecule has 1 heterocycles. The Morgan fingerprint density at radius 1 is 1.29 bits per heavy atom. The van der Waals surface area contributed by atoms with Crippen molar-refractivity contribution in [3.8, 4) is 5.75 Å². The fraction of sp³-hybridized carbons (Fsp3) is 0.222. The van der Waals surface area contributed by atoms with Crippen LogP contribution in [0.2, 0.25) is 5.02 Å². The minimum Gasteiger partial charge on any atom is -0.466 e. The first-order valence-electron chi connectivity index (χ1n) is 7.53. The van der Waals surface area contributed by atoms with Crippen molar-refractivity contribution >= 4 is 29.1 Å². The second-order valence-corrected chi connectivity index (χ2v) is 6.28. The SMILES string of the molecule is Cc1ccccc1CNC(=O)C1(C)Oc2ccc(Cl)cc2NC1=O. The Kier molecular flexibility index (Phi) is 4.20. The number of amides is 2. The van der Waals surface area contributed by atoms with Gasteiger partial charge in [-0.3, -0.25) is 9.59 Å². The molecule has 1 unspecified atom stereocenters. The van der Waals surface area contributed by atoms with Crippen LogP contribution in [0.5, 0.6) is 5.75 Å². The van der Waals surface area contributed by atoms with Gasteiger partial charge in [-0.15, -0.1) is 0 Å². The van der Waals surface area contributed by atoms with Crippen molar-refractivity contribution < 1.29 is 14.3 Å². The number of anilines is 1. The number of ether oxygens (including phenoxy) is 1. The number of aryl methyl sites for hydroxylation is 1. The number of benzene rings is 2. The highest BCUT2D eigenvalue weighted by molar-refractivity contribution is 6.31. The molecule has 0 aliphatic carbocycles. The molecular formula is C18H17ClN2O3. The molecule has 0 saturated carbocycles. The normalized spacial score (nSPS) is 19.0. The van der Waals surface area contributed by atoms with Crippen molar-refractivity contribution in [2.45, 2.75) is 26.0 Å². The van der Waals surface area contributed by atoms with Gasteiger partial charge in [-0.05, 0) is 43.2 Å². The van der Waals surface area contributed by atoms with Crippen LogP contribution in [0.3, 0.4) is 0 Å². The summed E-state index contributed by atoms with van der Waals surface area (Å²) in [4.78, 5) is 24.9. The van der Waals surface area contributed by atoms with Gasteiger partial charge in [0.1, 0.15) is 5.75 Å². The standard InChI is InChI=1S/C18H17ClN2O3/c1-11-5-3-4-6-12(11)10-20-16(22)18(2)17(23)21-14-9-13(19)7-8-15(14)24-18/h3-9H,10H2,1-2H3,(H,20,22)(H,21,23). The zero-order valence-corrected chi connectivity index (χ0v) is 14.1. The molecule has 2 aromatic rings. The van der Waals surface area contributed by atoms with Gasteiger partial charge in [-0.1, -0.05) is 35.9 Å². The summed E-state index contributed by atoms with van der Waals surface area (Å²) in [5.74, 6) is -0.615. The lowest BCUT2D eigenvalue weighted by atomic mass is 10.0. The topological polar surface area (TPSA) is 67.4 Å². The maximum Gasteiger partial charge on any atom is 0.278 e. The van der Waals surface area contributed by atoms with Crippen molar-refractivity contribution in [1.82, 2.24) is 5.32 Å². The van der Waals surface area contributed by atoms with Gasteiger partial charge in [-0.2, -0.15) is 0 Å². The fourth-order valence-electron chi connectivity index (χ4n) is 2.50. The third-order valence-corrected chi connectivity index (χ3v) is 4.31. The number of nitrogens with one attached hydrogen (secondary N) is 2. The lowest BCUT2D eigenvalue weighted by molar-refractivity contribution is -0.146. The number of carbonyl (C=O) groups is 2. The molecule has 5 nitrogen and oxygen atoms in total. The van der Waals surface area contributed by atoms with E-state index in [2.05, 4.69) is 10.6 Å². The second-order valence-electron chi connectivity index (χ2n) is 5.84. The summed E-state index contributed by atoms with van der Waals surface area (Å²) in [5.41, 5.74) is 0.871. The summed E-state index contributed by atoms with van der Waals surface area (Å²) in [6.45, 7) is 3.74. The third kappa shape index (κ3) is 2.95. The Labute approximate surface area is 145 Å². The highest BCUT2D eigenvalue weighted by Crippen LogP contribution is 2.35. The van der Waals surface area contributed by atoms with E-state index in [4.69, 9.17) is 16.3 Å². The number of rotatable bonds is 3. The summed E-state index contributed by atoms with van der Waals surface area (Å²) in [5, 5.41) is 5.92. The van der Waals surface area contributed by atoms with Crippen molar-refractivity contribution in [2.75, 3.05) is 5.32 Å². The summed E-state index contributed by atoms with van der Waals surface area (Å²) in [6, 6.07) is 12.6. The maximum atomic E-state index is 12.6. The summed E-state index contributed by atoms with van der Waals surface area (Å²) < 4.78 is 5.68. The first kappa shape index (κ1) is 16.3. The van der Waals surface area contributed by atoms with Crippen LogP contribution < -0.4 is 15.4 Å². The Bertz CT molecular complexity index is 822. The lowest BCUT2D eigenvalue weighted by Crippen LogP contribution is -2.58. The molecule has 0 fully saturated rings. The Morgan fingerprint density at radius 3 is 2.79 bits per heavy atom. The molecule has 0 saturated heterocycles. The van der Waals surface area contributed by atoms with Crippen molar-refractivity contribution in [2.24, 2.45) is 0 Å². The van der Waals surface area contributed by atoms with Crippen LogP contribution in [0.25, 0.3) is 0 Å². The number of hydrogen-bond acceptors (Lipinski definition) is 3. The Morgan fingerprint density at radius 2 is 2.04 bits per heavy atom. The maximum absolute atomic E-state index is 12.6. The third-order valence-electron chi connectivity index (χ3n) is 4.07. The van der Waals surface area contributed by atoms with Crippen molar-refractivity contribution in [3.63, 3.8) is 0 Å². The van der Waals surface area contributed by atoms with E-state index in [0.717, 1.165) is 11.1 Å². The van der Waals surface area contributed by atoms with E-state index in [1.807, 2.05) is 31.2 Å². The van der Waals surface area contributed by atoms with Gasteiger partial charge in [0.05, 0.1) is 5.69 Å². The van der Waals surface area contributed by atoms with Crippen LogP contribution in [0.15, 0.2) is 42.5 Å². The van der Waals surface area contributed by atoms with Gasteiger partial charge in [0.2, 0.25) is 0 Å². The molecule has 0 bridgehead atoms. The van der Waals surface area contributed by atoms with Crippen LogP contribution in [0.1, 0.15) is 18.1 Å². The predicted octanol–water partition coefficient (Wildman–Crippen LogP) is 3.05. The summed E-state index contributed by atoms with van der Waals surface area (Å²) in [6.07, 6.45) is 0. The van der Waals surface area contributed by atoms with Crippen LogP contribution in [-0.4, -0.2) is 17.4 Å². The van der Waals surface area contributed by atoms with E-state index in [1.54, 1.807) is 18.2 Å². The molecule has 2 aromatic carbocycles. The minimum absolute atomic E-state index is 0.325. The zero-order valence-electron chi connectivity index (χ0n) is 13.4. The molecule has 1 atom stereocenters. The van der Waals surface area contributed by atoms with Gasteiger partial charge in [-0.25, -0.2) is 0 Å². The molecule has 2 N–H and O–H groups in total. The van der Waals surface area contributed by atoms with Crippen molar-refractivity contribution in [3.05, 3.63) is 58.6 Å². The average Bonchev–Trinajstić information content (AvgIpc) is 2.55. The van der Waals surface area contributed by atoms with E-state index >= 15 is 0 Å². The van der Waals surface area contributed by atoms with Gasteiger partial charge in [0, 0.05) is 11.6 Å². The summed E-state index contributed by atoms with van der Waals surface area (Å²) >= 11 is 5.90. The second kappa shape index (κ2) is 6.17. The molecule has 1 aliphatic heterocycles. The van der Waals surface area contributed by atoms with E-state index in [9.17, 15) is 9.59 Å². The molecule has 24 heavy (non-hydrogen) atoms. The number of fused-ring (bicyclic) bond motifs is 1. The molecule has 124 valence electrons. The van der Waals surface area contributed by atoms with Crippen LogP contribution in [0, 0.1) is 6.92 Å². The molecule has 6 heteroatoms. The molecule has 0 aromatic heterocycles. The quantitative estimate of drug-likeness (QED) is 0.841. The van der Waals surface area contributed by atoms with Crippen LogP contribution in [-0.2, 0) is 16.1 Å². The van der Waals surface area contributed by atoms with E-state index in [-0.39, 0.29) is 0 Å². The minimum atomic E-state index is -1.64. The predicted molar refractivity (Wildman–Crippen MR) is 92.1 cm³/mol. The van der Waals surface area contributed by atoms with Gasteiger partial charge in [0.15, 0.2) is 0 Å². The van der Waals surface area contributed by atoms with Crippen molar-refractivity contribution in [1.29, 1.82) is 0 Å². The summed E-state index contributed by atoms with van der Waals surface area (Å²) in [7, 11) is 0. The molecule has 3 rings (SSSR count). The molecule has 0 spiro atoms. The van der Waals surface area contributed by atoms with E-state index < -0.39 is 17.4 Å². The molecule has 2 amide bonds. The molecular weight excluding hydrogens is 328 g/mol. The van der Waals surface area contributed by atoms with E-state index in [1.165, 1.54) is 6.92 Å². The Balaban J connectivity index is 1.77. The van der Waals surface area contributed by atoms with Crippen LogP contribution >= 0.6 is 11.6 Å². The Hall–Kier alpha value is -2.53. The number of halogens is 1. The number of hydrogen-bond donors (Lipinski definition) is 2. The van der Waals surface area contributed by atoms with Gasteiger partial charge < -0.3 is 15.4 Å². The lowest BCUT2D eigenvalue weighted by Gasteiger charge is -2.33. The number of carbonyl (C=O) groups excluding carboxylic acids is 2. The first-order chi connectivity index (χ1) is 11.4. The van der Waals surface area contributed by atoms with E-state index in [0.29, 0.717) is 23.0 Å². The monoisotopic (exact) mass is 344 g/mol. The largest absolute Gasteiger partial charge is 0.466 e. The highest BCUT2D eigenvalue weighted by atomic mass is 35.5. The molecule has 1 aliphatic rings. The van der Waals surface area contributed by atoms with Gasteiger partial charge >= 0.3 is 0 Å². The highest BCUT2D eigenvalue weighted by Gasteiger charge is 2.47. The zero-order chi connectivity index (χ0) is 17.3. The fourth-order valence-corrected chi connectivity index (χ4v) is 2.67. The average molecular weight is 345 g/mol.